The first kappa shape index (κ1) is 18.2. The molecule has 7 nitrogen and oxygen atoms in total. The van der Waals surface area contributed by atoms with E-state index in [0.29, 0.717) is 17.5 Å². The molecule has 7 heteroatoms. The monoisotopic (exact) mass is 370 g/mol. The summed E-state index contributed by atoms with van der Waals surface area (Å²) >= 11 is 0. The van der Waals surface area contributed by atoms with Gasteiger partial charge in [-0.25, -0.2) is 4.98 Å². The maximum absolute atomic E-state index is 12.9. The molecule has 2 aliphatic rings. The molecule has 0 aromatic carbocycles. The molecule has 1 aliphatic carbocycles. The van der Waals surface area contributed by atoms with Crippen molar-refractivity contribution in [3.63, 3.8) is 0 Å². The number of aryl methyl sites for hydroxylation is 1. The van der Waals surface area contributed by atoms with Crippen LogP contribution >= 0.6 is 0 Å². The number of aromatic amines is 1. The molecule has 27 heavy (non-hydrogen) atoms. The van der Waals surface area contributed by atoms with E-state index >= 15 is 0 Å². The van der Waals surface area contributed by atoms with Crippen LogP contribution in [0.2, 0.25) is 0 Å². The van der Waals surface area contributed by atoms with Crippen LogP contribution in [0.3, 0.4) is 0 Å². The van der Waals surface area contributed by atoms with Crippen LogP contribution in [0.4, 0.5) is 0 Å². The van der Waals surface area contributed by atoms with Gasteiger partial charge in [-0.15, -0.1) is 0 Å². The van der Waals surface area contributed by atoms with Crippen molar-refractivity contribution < 1.29 is 4.79 Å². The minimum Gasteiger partial charge on any atom is -0.337 e. The number of rotatable bonds is 7. The average molecular weight is 371 g/mol. The van der Waals surface area contributed by atoms with Gasteiger partial charge in [-0.3, -0.25) is 9.89 Å². The number of nitrogens with one attached hydrogen (secondary N) is 1. The summed E-state index contributed by atoms with van der Waals surface area (Å²) in [6.07, 6.45) is 9.57. The maximum atomic E-state index is 12.9. The third kappa shape index (κ3) is 4.24. The SMILES string of the molecule is CN(C)CCCn1ccnc1[C@H]1CCCN(C(=O)c2cc(C3CC3)[nH]n2)C1. The van der Waals surface area contributed by atoms with Crippen molar-refractivity contribution in [1.82, 2.24) is 29.5 Å². The van der Waals surface area contributed by atoms with Crippen molar-refractivity contribution in [3.05, 3.63) is 35.7 Å². The molecule has 1 amide bonds. The lowest BCUT2D eigenvalue weighted by atomic mass is 9.96. The van der Waals surface area contributed by atoms with E-state index in [2.05, 4.69) is 44.9 Å². The number of aromatic nitrogens is 4. The molecule has 1 saturated carbocycles. The molecule has 3 heterocycles. The van der Waals surface area contributed by atoms with Gasteiger partial charge in [0.1, 0.15) is 11.5 Å². The van der Waals surface area contributed by atoms with Gasteiger partial charge in [-0.2, -0.15) is 5.10 Å². The van der Waals surface area contributed by atoms with Gasteiger partial charge in [-0.05, 0) is 58.8 Å². The van der Waals surface area contributed by atoms with E-state index in [0.717, 1.165) is 57.0 Å². The predicted octanol–water partition coefficient (Wildman–Crippen LogP) is 2.46. The number of carbonyl (C=O) groups is 1. The zero-order valence-electron chi connectivity index (χ0n) is 16.4. The number of hydrogen-bond donors (Lipinski definition) is 1. The van der Waals surface area contributed by atoms with Crippen LogP contribution < -0.4 is 0 Å². The van der Waals surface area contributed by atoms with Crippen LogP contribution in [0.1, 0.15) is 65.9 Å². The molecular weight excluding hydrogens is 340 g/mol. The summed E-state index contributed by atoms with van der Waals surface area (Å²) in [6.45, 7) is 3.58. The van der Waals surface area contributed by atoms with Gasteiger partial charge in [-0.1, -0.05) is 0 Å². The van der Waals surface area contributed by atoms with E-state index in [-0.39, 0.29) is 5.91 Å². The van der Waals surface area contributed by atoms with Crippen molar-refractivity contribution in [2.45, 2.75) is 50.5 Å². The Hall–Kier alpha value is -2.15. The third-order valence-corrected chi connectivity index (χ3v) is 5.66. The molecule has 0 unspecified atom stereocenters. The highest BCUT2D eigenvalue weighted by atomic mass is 16.2. The third-order valence-electron chi connectivity index (χ3n) is 5.66. The number of carbonyl (C=O) groups excluding carboxylic acids is 1. The predicted molar refractivity (Wildman–Crippen MR) is 104 cm³/mol. The van der Waals surface area contributed by atoms with Gasteiger partial charge in [0.15, 0.2) is 0 Å². The van der Waals surface area contributed by atoms with Crippen LogP contribution in [-0.2, 0) is 6.54 Å². The highest BCUT2D eigenvalue weighted by Crippen LogP contribution is 2.39. The smallest absolute Gasteiger partial charge is 0.274 e. The lowest BCUT2D eigenvalue weighted by Crippen LogP contribution is -2.40. The maximum Gasteiger partial charge on any atom is 0.274 e. The van der Waals surface area contributed by atoms with E-state index in [9.17, 15) is 4.79 Å². The zero-order valence-corrected chi connectivity index (χ0v) is 16.4. The number of nitrogens with zero attached hydrogens (tertiary/aromatic N) is 5. The van der Waals surface area contributed by atoms with Crippen LogP contribution in [0.25, 0.3) is 0 Å². The Morgan fingerprint density at radius 1 is 1.30 bits per heavy atom. The minimum absolute atomic E-state index is 0.0496. The fourth-order valence-corrected chi connectivity index (χ4v) is 4.01. The standard InChI is InChI=1S/C20H30N6O/c1-24(2)9-4-11-25-12-8-21-19(25)16-5-3-10-26(14-16)20(27)18-13-17(22-23-18)15-6-7-15/h8,12-13,15-16H,3-7,9-11,14H2,1-2H3,(H,22,23)/t16-/m0/s1. The molecule has 2 fully saturated rings. The van der Waals surface area contributed by atoms with Crippen molar-refractivity contribution in [2.75, 3.05) is 33.7 Å². The largest absolute Gasteiger partial charge is 0.337 e. The quantitative estimate of drug-likeness (QED) is 0.813. The first-order valence-corrected chi connectivity index (χ1v) is 10.1. The summed E-state index contributed by atoms with van der Waals surface area (Å²) in [4.78, 5) is 21.7. The average Bonchev–Trinajstić information content (AvgIpc) is 3.21. The van der Waals surface area contributed by atoms with Crippen LogP contribution in [0.5, 0.6) is 0 Å². The molecular formula is C20H30N6O. The number of H-pyrrole nitrogens is 1. The zero-order chi connectivity index (χ0) is 18.8. The van der Waals surface area contributed by atoms with Crippen molar-refractivity contribution in [1.29, 1.82) is 0 Å². The molecule has 1 saturated heterocycles. The molecule has 2 aromatic heterocycles. The highest BCUT2D eigenvalue weighted by Gasteiger charge is 2.31. The molecule has 2 aromatic rings. The van der Waals surface area contributed by atoms with Gasteiger partial charge < -0.3 is 14.4 Å². The van der Waals surface area contributed by atoms with E-state index in [1.54, 1.807) is 0 Å². The van der Waals surface area contributed by atoms with Gasteiger partial charge in [0.2, 0.25) is 0 Å². The lowest BCUT2D eigenvalue weighted by Gasteiger charge is -2.32. The van der Waals surface area contributed by atoms with Gasteiger partial charge >= 0.3 is 0 Å². The molecule has 146 valence electrons. The Bertz CT molecular complexity index is 775. The first-order valence-electron chi connectivity index (χ1n) is 10.1. The Balaban J connectivity index is 1.40. The second-order valence-corrected chi connectivity index (χ2v) is 8.21. The highest BCUT2D eigenvalue weighted by molar-refractivity contribution is 5.92. The van der Waals surface area contributed by atoms with Crippen LogP contribution in [-0.4, -0.2) is 69.2 Å². The lowest BCUT2D eigenvalue weighted by molar-refractivity contribution is 0.0697. The van der Waals surface area contributed by atoms with E-state index in [4.69, 9.17) is 0 Å². The Labute approximate surface area is 160 Å². The molecule has 0 radical (unpaired) electrons. The number of likely N-dealkylation sites (tertiary alicyclic amines) is 1. The molecule has 1 N–H and O–H groups in total. The number of hydrogen-bond acceptors (Lipinski definition) is 4. The Morgan fingerprint density at radius 3 is 2.93 bits per heavy atom. The fraction of sp³-hybridized carbons (Fsp3) is 0.650. The summed E-state index contributed by atoms with van der Waals surface area (Å²) in [5.74, 6) is 2.06. The van der Waals surface area contributed by atoms with Gasteiger partial charge in [0.25, 0.3) is 5.91 Å². The topological polar surface area (TPSA) is 70.1 Å². The van der Waals surface area contributed by atoms with Crippen molar-refractivity contribution in [2.24, 2.45) is 0 Å². The first-order chi connectivity index (χ1) is 13.1. The summed E-state index contributed by atoms with van der Waals surface area (Å²) in [5, 5.41) is 7.32. The number of imidazole rings is 1. The molecule has 1 aliphatic heterocycles. The fourth-order valence-electron chi connectivity index (χ4n) is 4.01. The summed E-state index contributed by atoms with van der Waals surface area (Å²) in [6, 6.07) is 1.95. The molecule has 1 atom stereocenters. The van der Waals surface area contributed by atoms with E-state index in [1.807, 2.05) is 17.2 Å². The molecule has 0 spiro atoms. The second kappa shape index (κ2) is 7.84. The minimum atomic E-state index is 0.0496. The number of amides is 1. The number of piperidine rings is 1. The molecule has 4 rings (SSSR count). The Kier molecular flexibility index (Phi) is 5.29. The van der Waals surface area contributed by atoms with Gasteiger partial charge in [0.05, 0.1) is 0 Å². The van der Waals surface area contributed by atoms with E-state index in [1.165, 1.54) is 12.8 Å². The second-order valence-electron chi connectivity index (χ2n) is 8.21. The van der Waals surface area contributed by atoms with Crippen LogP contribution in [0, 0.1) is 0 Å². The van der Waals surface area contributed by atoms with Crippen molar-refractivity contribution in [3.8, 4) is 0 Å². The normalized spacial score (nSPS) is 20.4. The summed E-state index contributed by atoms with van der Waals surface area (Å²) in [7, 11) is 4.20. The summed E-state index contributed by atoms with van der Waals surface area (Å²) < 4.78 is 2.27. The summed E-state index contributed by atoms with van der Waals surface area (Å²) in [5.41, 5.74) is 1.68. The van der Waals surface area contributed by atoms with Gasteiger partial charge in [0, 0.05) is 49.6 Å². The van der Waals surface area contributed by atoms with Crippen molar-refractivity contribution >= 4 is 5.91 Å². The van der Waals surface area contributed by atoms with E-state index < -0.39 is 0 Å². The molecule has 0 bridgehead atoms. The Morgan fingerprint density at radius 2 is 2.15 bits per heavy atom. The van der Waals surface area contributed by atoms with Crippen LogP contribution in [0.15, 0.2) is 18.5 Å².